The number of rotatable bonds is 3. The van der Waals surface area contributed by atoms with E-state index < -0.39 is 0 Å². The van der Waals surface area contributed by atoms with Crippen LogP contribution in [0.25, 0.3) is 0 Å². The molecule has 1 aromatic heterocycles. The summed E-state index contributed by atoms with van der Waals surface area (Å²) in [6.07, 6.45) is 3.20. The van der Waals surface area contributed by atoms with Crippen molar-refractivity contribution in [2.45, 2.75) is 31.5 Å². The summed E-state index contributed by atoms with van der Waals surface area (Å²) in [7, 11) is 0. The van der Waals surface area contributed by atoms with Gasteiger partial charge >= 0.3 is 0 Å². The number of aryl methyl sites for hydroxylation is 1. The summed E-state index contributed by atoms with van der Waals surface area (Å²) in [6, 6.07) is 7.06. The zero-order chi connectivity index (χ0) is 17.4. The van der Waals surface area contributed by atoms with Crippen LogP contribution in [-0.4, -0.2) is 34.4 Å². The van der Waals surface area contributed by atoms with E-state index >= 15 is 0 Å². The summed E-state index contributed by atoms with van der Waals surface area (Å²) < 4.78 is 13.1. The highest BCUT2D eigenvalue weighted by Gasteiger charge is 2.25. The Morgan fingerprint density at radius 1 is 1.44 bits per heavy atom. The predicted octanol–water partition coefficient (Wildman–Crippen LogP) is 2.61. The van der Waals surface area contributed by atoms with Crippen molar-refractivity contribution in [3.63, 3.8) is 0 Å². The van der Waals surface area contributed by atoms with E-state index in [1.165, 1.54) is 0 Å². The molecule has 0 fully saturated rings. The Morgan fingerprint density at radius 3 is 3.16 bits per heavy atom. The van der Waals surface area contributed by atoms with Crippen molar-refractivity contribution in [1.29, 1.82) is 0 Å². The van der Waals surface area contributed by atoms with Crippen LogP contribution in [0.15, 0.2) is 36.9 Å². The second-order valence-electron chi connectivity index (χ2n) is 6.21. The smallest absolute Gasteiger partial charge is 0.272 e. The molecular weight excluding hydrogens is 342 g/mol. The third kappa shape index (κ3) is 3.22. The summed E-state index contributed by atoms with van der Waals surface area (Å²) in [5.41, 5.74) is 1.34. The average molecular weight is 360 g/mol. The number of nitrogens with zero attached hydrogens (tertiary/aromatic N) is 2. The van der Waals surface area contributed by atoms with Crippen LogP contribution in [0.2, 0.25) is 5.02 Å². The van der Waals surface area contributed by atoms with Gasteiger partial charge in [-0.3, -0.25) is 4.79 Å². The predicted molar refractivity (Wildman–Crippen MR) is 93.4 cm³/mol. The molecule has 2 aromatic rings. The van der Waals surface area contributed by atoms with Gasteiger partial charge in [0, 0.05) is 24.1 Å². The van der Waals surface area contributed by atoms with Crippen LogP contribution >= 0.6 is 11.6 Å². The van der Waals surface area contributed by atoms with E-state index in [1.807, 2.05) is 12.1 Å². The van der Waals surface area contributed by atoms with Gasteiger partial charge in [-0.25, -0.2) is 4.68 Å². The molecule has 1 amide bonds. The quantitative estimate of drug-likeness (QED) is 0.855. The Hall–Kier alpha value is -2.47. The topological polar surface area (TPSA) is 65.4 Å². The summed E-state index contributed by atoms with van der Waals surface area (Å²) in [5, 5.41) is 7.96. The van der Waals surface area contributed by atoms with E-state index in [0.717, 1.165) is 17.7 Å². The maximum absolute atomic E-state index is 12.5. The van der Waals surface area contributed by atoms with Crippen molar-refractivity contribution >= 4 is 17.5 Å². The van der Waals surface area contributed by atoms with Crippen LogP contribution in [0.1, 0.15) is 22.5 Å². The maximum Gasteiger partial charge on any atom is 0.272 e. The van der Waals surface area contributed by atoms with Crippen LogP contribution in [0, 0.1) is 0 Å². The number of fused-ring (bicyclic) bond motifs is 2. The molecular formula is C18H18ClN3O3. The van der Waals surface area contributed by atoms with Crippen molar-refractivity contribution in [2.75, 3.05) is 6.61 Å². The highest BCUT2D eigenvalue weighted by atomic mass is 35.5. The molecule has 2 atom stereocenters. The average Bonchev–Trinajstić information content (AvgIpc) is 3.04. The van der Waals surface area contributed by atoms with Gasteiger partial charge in [0.25, 0.3) is 5.91 Å². The molecule has 1 aromatic carbocycles. The van der Waals surface area contributed by atoms with E-state index in [0.29, 0.717) is 36.2 Å². The number of nitrogens with one attached hydrogen (secondary N) is 1. The minimum atomic E-state index is -0.236. The van der Waals surface area contributed by atoms with Gasteiger partial charge in [-0.2, -0.15) is 5.10 Å². The first-order valence-electron chi connectivity index (χ1n) is 8.21. The number of halogens is 1. The van der Waals surface area contributed by atoms with Crippen molar-refractivity contribution < 1.29 is 14.3 Å². The van der Waals surface area contributed by atoms with E-state index in [4.69, 9.17) is 21.1 Å². The molecule has 2 aliphatic heterocycles. The van der Waals surface area contributed by atoms with E-state index in [9.17, 15) is 4.79 Å². The Bertz CT molecular complexity index is 833. The molecule has 0 aliphatic carbocycles. The SMILES string of the molecule is C=CC1CCn2nc(C(=O)N[C@H]3COc4ccc(Cl)cc4C3)cc2O1. The van der Waals surface area contributed by atoms with Crippen molar-refractivity contribution in [2.24, 2.45) is 0 Å². The highest BCUT2D eigenvalue weighted by molar-refractivity contribution is 6.30. The molecule has 25 heavy (non-hydrogen) atoms. The molecule has 7 heteroatoms. The van der Waals surface area contributed by atoms with Crippen molar-refractivity contribution in [3.8, 4) is 11.6 Å². The number of ether oxygens (including phenoxy) is 2. The molecule has 1 unspecified atom stereocenters. The van der Waals surface area contributed by atoms with Crippen molar-refractivity contribution in [3.05, 3.63) is 53.2 Å². The first-order valence-corrected chi connectivity index (χ1v) is 8.59. The van der Waals surface area contributed by atoms with Crippen LogP contribution in [0.3, 0.4) is 0 Å². The standard InChI is InChI=1S/C18H18ClN3O3/c1-2-14-5-6-22-17(25-14)9-15(21-22)18(23)20-13-8-11-7-12(19)3-4-16(11)24-10-13/h2-4,7,9,13-14H,1,5-6,8,10H2,(H,20,23)/t13-,14?/m1/s1. The number of hydrogen-bond donors (Lipinski definition) is 1. The van der Waals surface area contributed by atoms with Gasteiger partial charge in [-0.1, -0.05) is 24.3 Å². The third-order valence-corrected chi connectivity index (χ3v) is 4.64. The Balaban J connectivity index is 1.45. The van der Waals surface area contributed by atoms with Crippen LogP contribution in [-0.2, 0) is 13.0 Å². The third-order valence-electron chi connectivity index (χ3n) is 4.40. The summed E-state index contributed by atoms with van der Waals surface area (Å²) in [6.45, 7) is 4.87. The van der Waals surface area contributed by atoms with Crippen molar-refractivity contribution in [1.82, 2.24) is 15.1 Å². The van der Waals surface area contributed by atoms with E-state index in [1.54, 1.807) is 22.9 Å². The van der Waals surface area contributed by atoms with Crippen LogP contribution in [0.4, 0.5) is 0 Å². The molecule has 0 spiro atoms. The molecule has 0 saturated heterocycles. The molecule has 0 bridgehead atoms. The zero-order valence-electron chi connectivity index (χ0n) is 13.6. The number of benzene rings is 1. The number of amides is 1. The number of aromatic nitrogens is 2. The van der Waals surface area contributed by atoms with Gasteiger partial charge < -0.3 is 14.8 Å². The lowest BCUT2D eigenvalue weighted by Crippen LogP contribution is -2.42. The first-order chi connectivity index (χ1) is 12.1. The number of carbonyl (C=O) groups excluding carboxylic acids is 1. The molecule has 3 heterocycles. The fourth-order valence-electron chi connectivity index (χ4n) is 3.11. The van der Waals surface area contributed by atoms with Gasteiger partial charge in [0.05, 0.1) is 6.04 Å². The molecule has 2 aliphatic rings. The lowest BCUT2D eigenvalue weighted by Gasteiger charge is -2.25. The molecule has 0 radical (unpaired) electrons. The summed E-state index contributed by atoms with van der Waals surface area (Å²) in [4.78, 5) is 12.5. The van der Waals surface area contributed by atoms with Gasteiger partial charge in [0.1, 0.15) is 18.5 Å². The van der Waals surface area contributed by atoms with Crippen LogP contribution in [0.5, 0.6) is 11.6 Å². The van der Waals surface area contributed by atoms with E-state index in [-0.39, 0.29) is 18.1 Å². The largest absolute Gasteiger partial charge is 0.491 e. The minimum absolute atomic E-state index is 0.0342. The van der Waals surface area contributed by atoms with Gasteiger partial charge in [-0.15, -0.1) is 0 Å². The summed E-state index contributed by atoms with van der Waals surface area (Å²) in [5.74, 6) is 1.18. The second-order valence-corrected chi connectivity index (χ2v) is 6.65. The Morgan fingerprint density at radius 2 is 2.32 bits per heavy atom. The Labute approximate surface area is 150 Å². The lowest BCUT2D eigenvalue weighted by molar-refractivity contribution is 0.0909. The molecule has 6 nitrogen and oxygen atoms in total. The molecule has 4 rings (SSSR count). The summed E-state index contributed by atoms with van der Waals surface area (Å²) >= 11 is 6.03. The maximum atomic E-state index is 12.5. The molecule has 130 valence electrons. The molecule has 1 N–H and O–H groups in total. The van der Waals surface area contributed by atoms with Crippen LogP contribution < -0.4 is 14.8 Å². The molecule has 0 saturated carbocycles. The van der Waals surface area contributed by atoms with E-state index in [2.05, 4.69) is 17.0 Å². The fraction of sp³-hybridized carbons (Fsp3) is 0.333. The lowest BCUT2D eigenvalue weighted by atomic mass is 10.0. The minimum Gasteiger partial charge on any atom is -0.491 e. The zero-order valence-corrected chi connectivity index (χ0v) is 14.3. The Kier molecular flexibility index (Phi) is 4.13. The first kappa shape index (κ1) is 16.0. The van der Waals surface area contributed by atoms with Gasteiger partial charge in [-0.05, 0) is 30.2 Å². The van der Waals surface area contributed by atoms with Gasteiger partial charge in [0.2, 0.25) is 5.88 Å². The normalized spacial score (nSPS) is 21.3. The second kappa shape index (κ2) is 6.44. The monoisotopic (exact) mass is 359 g/mol. The number of hydrogen-bond acceptors (Lipinski definition) is 4. The number of carbonyl (C=O) groups is 1. The fourth-order valence-corrected chi connectivity index (χ4v) is 3.31. The highest BCUT2D eigenvalue weighted by Crippen LogP contribution is 2.28. The van der Waals surface area contributed by atoms with Gasteiger partial charge in [0.15, 0.2) is 5.69 Å².